The summed E-state index contributed by atoms with van der Waals surface area (Å²) in [6.07, 6.45) is 0. The fourth-order valence-corrected chi connectivity index (χ4v) is 1.57. The van der Waals surface area contributed by atoms with E-state index in [1.165, 1.54) is 0 Å². The molecule has 3 nitrogen and oxygen atoms in total. The molecule has 0 saturated carbocycles. The lowest BCUT2D eigenvalue weighted by atomic mass is 10.3. The van der Waals surface area contributed by atoms with Crippen LogP contribution in [0.1, 0.15) is 13.8 Å². The van der Waals surface area contributed by atoms with Gasteiger partial charge in [-0.05, 0) is 25.2 Å². The van der Waals surface area contributed by atoms with Crippen LogP contribution in [0.2, 0.25) is 0 Å². The Hall–Kier alpha value is -1.22. The molecule has 0 heterocycles. The first kappa shape index (κ1) is 12.8. The molecular weight excluding hydrogens is 200 g/mol. The SMILES string of the molecule is CCN(CC)CCOc1cccc(NC)c1. The van der Waals surface area contributed by atoms with E-state index in [0.29, 0.717) is 0 Å². The summed E-state index contributed by atoms with van der Waals surface area (Å²) in [6, 6.07) is 8.03. The molecule has 1 N–H and O–H groups in total. The Morgan fingerprint density at radius 2 is 2.00 bits per heavy atom. The van der Waals surface area contributed by atoms with Crippen molar-refractivity contribution >= 4 is 5.69 Å². The Labute approximate surface area is 98.4 Å². The Morgan fingerprint density at radius 3 is 2.62 bits per heavy atom. The van der Waals surface area contributed by atoms with Gasteiger partial charge in [-0.3, -0.25) is 0 Å². The van der Waals surface area contributed by atoms with Crippen molar-refractivity contribution in [1.82, 2.24) is 4.90 Å². The minimum Gasteiger partial charge on any atom is -0.492 e. The zero-order chi connectivity index (χ0) is 11.8. The summed E-state index contributed by atoms with van der Waals surface area (Å²) in [5.74, 6) is 0.930. The molecule has 0 atom stereocenters. The lowest BCUT2D eigenvalue weighted by Crippen LogP contribution is -2.27. The van der Waals surface area contributed by atoms with Gasteiger partial charge in [0.2, 0.25) is 0 Å². The van der Waals surface area contributed by atoms with Crippen LogP contribution in [0.5, 0.6) is 5.75 Å². The molecule has 0 saturated heterocycles. The largest absolute Gasteiger partial charge is 0.492 e. The van der Waals surface area contributed by atoms with Crippen LogP contribution >= 0.6 is 0 Å². The van der Waals surface area contributed by atoms with E-state index in [4.69, 9.17) is 4.74 Å². The normalized spacial score (nSPS) is 10.5. The molecule has 1 aromatic rings. The van der Waals surface area contributed by atoms with Crippen LogP contribution in [0.3, 0.4) is 0 Å². The van der Waals surface area contributed by atoms with E-state index < -0.39 is 0 Å². The van der Waals surface area contributed by atoms with Gasteiger partial charge in [0.1, 0.15) is 12.4 Å². The summed E-state index contributed by atoms with van der Waals surface area (Å²) in [5.41, 5.74) is 1.08. The van der Waals surface area contributed by atoms with Gasteiger partial charge in [-0.15, -0.1) is 0 Å². The van der Waals surface area contributed by atoms with Crippen LogP contribution in [-0.2, 0) is 0 Å². The van der Waals surface area contributed by atoms with Gasteiger partial charge in [0.25, 0.3) is 0 Å². The molecule has 0 radical (unpaired) electrons. The van der Waals surface area contributed by atoms with Gasteiger partial charge in [0, 0.05) is 25.3 Å². The van der Waals surface area contributed by atoms with Crippen molar-refractivity contribution in [2.75, 3.05) is 38.6 Å². The fourth-order valence-electron chi connectivity index (χ4n) is 1.57. The van der Waals surface area contributed by atoms with Crippen molar-refractivity contribution in [3.8, 4) is 5.75 Å². The van der Waals surface area contributed by atoms with Crippen LogP contribution in [0, 0.1) is 0 Å². The van der Waals surface area contributed by atoms with Crippen LogP contribution in [0.15, 0.2) is 24.3 Å². The summed E-state index contributed by atoms with van der Waals surface area (Å²) in [5, 5.41) is 3.10. The zero-order valence-corrected chi connectivity index (χ0v) is 10.5. The third-order valence-corrected chi connectivity index (χ3v) is 2.69. The van der Waals surface area contributed by atoms with Gasteiger partial charge in [-0.1, -0.05) is 19.9 Å². The van der Waals surface area contributed by atoms with Crippen molar-refractivity contribution in [3.05, 3.63) is 24.3 Å². The van der Waals surface area contributed by atoms with Crippen molar-refractivity contribution in [2.45, 2.75) is 13.8 Å². The van der Waals surface area contributed by atoms with Gasteiger partial charge in [-0.2, -0.15) is 0 Å². The molecule has 3 heteroatoms. The summed E-state index contributed by atoms with van der Waals surface area (Å²) in [7, 11) is 1.91. The van der Waals surface area contributed by atoms with Crippen molar-refractivity contribution < 1.29 is 4.74 Å². The third kappa shape index (κ3) is 4.11. The molecule has 1 aromatic carbocycles. The number of anilines is 1. The molecule has 0 aliphatic carbocycles. The Morgan fingerprint density at radius 1 is 1.25 bits per heavy atom. The van der Waals surface area contributed by atoms with Gasteiger partial charge in [0.05, 0.1) is 0 Å². The summed E-state index contributed by atoms with van der Waals surface area (Å²) >= 11 is 0. The lowest BCUT2D eigenvalue weighted by Gasteiger charge is -2.18. The standard InChI is InChI=1S/C13H22N2O/c1-4-15(5-2)9-10-16-13-8-6-7-12(11-13)14-3/h6-8,11,14H,4-5,9-10H2,1-3H3. The highest BCUT2D eigenvalue weighted by atomic mass is 16.5. The van der Waals surface area contributed by atoms with Crippen LogP contribution < -0.4 is 10.1 Å². The highest BCUT2D eigenvalue weighted by Gasteiger charge is 1.99. The van der Waals surface area contributed by atoms with E-state index in [0.717, 1.165) is 37.7 Å². The second-order valence-corrected chi connectivity index (χ2v) is 3.65. The average molecular weight is 222 g/mol. The summed E-state index contributed by atoms with van der Waals surface area (Å²) in [4.78, 5) is 2.35. The number of nitrogens with one attached hydrogen (secondary N) is 1. The monoisotopic (exact) mass is 222 g/mol. The number of ether oxygens (including phenoxy) is 1. The first-order valence-electron chi connectivity index (χ1n) is 5.93. The maximum Gasteiger partial charge on any atom is 0.121 e. The number of benzene rings is 1. The predicted molar refractivity (Wildman–Crippen MR) is 69.3 cm³/mol. The van der Waals surface area contributed by atoms with E-state index in [1.54, 1.807) is 0 Å². The molecular formula is C13H22N2O. The number of hydrogen-bond donors (Lipinski definition) is 1. The van der Waals surface area contributed by atoms with Gasteiger partial charge in [0.15, 0.2) is 0 Å². The van der Waals surface area contributed by atoms with Crippen molar-refractivity contribution in [3.63, 3.8) is 0 Å². The molecule has 1 rings (SSSR count). The Kier molecular flexibility index (Phi) is 5.72. The second-order valence-electron chi connectivity index (χ2n) is 3.65. The molecule has 0 aromatic heterocycles. The fraction of sp³-hybridized carbons (Fsp3) is 0.538. The minimum absolute atomic E-state index is 0.745. The predicted octanol–water partition coefficient (Wildman–Crippen LogP) is 2.45. The summed E-state index contributed by atoms with van der Waals surface area (Å²) in [6.45, 7) is 8.23. The molecule has 0 fully saturated rings. The Bertz CT molecular complexity index is 298. The molecule has 16 heavy (non-hydrogen) atoms. The second kappa shape index (κ2) is 7.12. The highest BCUT2D eigenvalue weighted by Crippen LogP contribution is 2.16. The van der Waals surface area contributed by atoms with Gasteiger partial charge >= 0.3 is 0 Å². The maximum atomic E-state index is 5.70. The highest BCUT2D eigenvalue weighted by molar-refractivity contribution is 5.47. The molecule has 0 spiro atoms. The molecule has 90 valence electrons. The first-order chi connectivity index (χ1) is 7.80. The summed E-state index contributed by atoms with van der Waals surface area (Å²) < 4.78 is 5.70. The van der Waals surface area contributed by atoms with E-state index in [2.05, 4.69) is 24.1 Å². The topological polar surface area (TPSA) is 24.5 Å². The molecule has 0 bridgehead atoms. The van der Waals surface area contributed by atoms with E-state index in [1.807, 2.05) is 31.3 Å². The van der Waals surface area contributed by atoms with Crippen LogP contribution in [0.4, 0.5) is 5.69 Å². The third-order valence-electron chi connectivity index (χ3n) is 2.69. The number of rotatable bonds is 7. The quantitative estimate of drug-likeness (QED) is 0.767. The number of hydrogen-bond acceptors (Lipinski definition) is 3. The van der Waals surface area contributed by atoms with Crippen molar-refractivity contribution in [1.29, 1.82) is 0 Å². The van der Waals surface area contributed by atoms with Gasteiger partial charge < -0.3 is 15.0 Å². The average Bonchev–Trinajstić information content (AvgIpc) is 2.35. The van der Waals surface area contributed by atoms with E-state index in [9.17, 15) is 0 Å². The van der Waals surface area contributed by atoms with E-state index >= 15 is 0 Å². The molecule has 0 aliphatic rings. The molecule has 0 aliphatic heterocycles. The minimum atomic E-state index is 0.745. The van der Waals surface area contributed by atoms with Crippen LogP contribution in [-0.4, -0.2) is 38.2 Å². The number of likely N-dealkylation sites (N-methyl/N-ethyl adjacent to an activating group) is 1. The first-order valence-corrected chi connectivity index (χ1v) is 5.93. The smallest absolute Gasteiger partial charge is 0.121 e. The van der Waals surface area contributed by atoms with Gasteiger partial charge in [-0.25, -0.2) is 0 Å². The van der Waals surface area contributed by atoms with Crippen molar-refractivity contribution in [2.24, 2.45) is 0 Å². The number of nitrogens with zero attached hydrogens (tertiary/aromatic N) is 1. The lowest BCUT2D eigenvalue weighted by molar-refractivity contribution is 0.223. The zero-order valence-electron chi connectivity index (χ0n) is 10.5. The van der Waals surface area contributed by atoms with Crippen LogP contribution in [0.25, 0.3) is 0 Å². The molecule has 0 unspecified atom stereocenters. The maximum absolute atomic E-state index is 5.70. The molecule has 0 amide bonds. The Balaban J connectivity index is 2.36. The van der Waals surface area contributed by atoms with E-state index in [-0.39, 0.29) is 0 Å².